The molecule has 1 aliphatic rings. The van der Waals surface area contributed by atoms with E-state index in [2.05, 4.69) is 4.74 Å². The number of benzene rings is 1. The first-order valence-electron chi connectivity index (χ1n) is 4.69. The SMILES string of the molecule is COC(=O)c1coc2cc3c(cc12)OCO3. The van der Waals surface area contributed by atoms with Gasteiger partial charge in [-0.05, 0) is 6.07 Å². The van der Waals surface area contributed by atoms with E-state index in [1.54, 1.807) is 12.1 Å². The van der Waals surface area contributed by atoms with Crippen LogP contribution in [-0.2, 0) is 4.74 Å². The maximum Gasteiger partial charge on any atom is 0.341 e. The van der Waals surface area contributed by atoms with Crippen molar-refractivity contribution in [2.45, 2.75) is 0 Å². The average Bonchev–Trinajstić information content (AvgIpc) is 2.90. The molecule has 3 rings (SSSR count). The summed E-state index contributed by atoms with van der Waals surface area (Å²) in [6.45, 7) is 0.190. The molecule has 1 aliphatic heterocycles. The molecule has 0 amide bonds. The number of carbonyl (C=O) groups excluding carboxylic acids is 1. The maximum atomic E-state index is 11.4. The molecule has 0 aliphatic carbocycles. The number of rotatable bonds is 1. The average molecular weight is 220 g/mol. The van der Waals surface area contributed by atoms with Gasteiger partial charge >= 0.3 is 5.97 Å². The molecule has 2 heterocycles. The van der Waals surface area contributed by atoms with Crippen molar-refractivity contribution >= 4 is 16.9 Å². The van der Waals surface area contributed by atoms with E-state index in [1.165, 1.54) is 13.4 Å². The second kappa shape index (κ2) is 3.16. The molecule has 5 heteroatoms. The molecule has 0 saturated carbocycles. The zero-order chi connectivity index (χ0) is 11.1. The summed E-state index contributed by atoms with van der Waals surface area (Å²) < 4.78 is 20.3. The fourth-order valence-corrected chi connectivity index (χ4v) is 1.69. The lowest BCUT2D eigenvalue weighted by Gasteiger charge is -1.97. The Hall–Kier alpha value is -2.17. The third-order valence-corrected chi connectivity index (χ3v) is 2.47. The topological polar surface area (TPSA) is 57.9 Å². The van der Waals surface area contributed by atoms with Crippen LogP contribution in [0, 0.1) is 0 Å². The summed E-state index contributed by atoms with van der Waals surface area (Å²) in [4.78, 5) is 11.4. The molecule has 0 fully saturated rings. The molecule has 0 spiro atoms. The van der Waals surface area contributed by atoms with Crippen LogP contribution in [-0.4, -0.2) is 19.9 Å². The zero-order valence-electron chi connectivity index (χ0n) is 8.48. The van der Waals surface area contributed by atoms with Crippen molar-refractivity contribution in [1.82, 2.24) is 0 Å². The van der Waals surface area contributed by atoms with Crippen molar-refractivity contribution in [1.29, 1.82) is 0 Å². The van der Waals surface area contributed by atoms with E-state index in [4.69, 9.17) is 13.9 Å². The summed E-state index contributed by atoms with van der Waals surface area (Å²) in [5.41, 5.74) is 0.959. The lowest BCUT2D eigenvalue weighted by molar-refractivity contribution is 0.0602. The highest BCUT2D eigenvalue weighted by molar-refractivity contribution is 6.04. The Labute approximate surface area is 90.5 Å². The van der Waals surface area contributed by atoms with Crippen LogP contribution in [0.5, 0.6) is 11.5 Å². The van der Waals surface area contributed by atoms with Gasteiger partial charge in [0.1, 0.15) is 17.4 Å². The maximum absolute atomic E-state index is 11.4. The number of hydrogen-bond acceptors (Lipinski definition) is 5. The monoisotopic (exact) mass is 220 g/mol. The van der Waals surface area contributed by atoms with Gasteiger partial charge in [0.05, 0.1) is 7.11 Å². The summed E-state index contributed by atoms with van der Waals surface area (Å²) in [5, 5.41) is 0.663. The Morgan fingerprint density at radius 1 is 1.31 bits per heavy atom. The summed E-state index contributed by atoms with van der Waals surface area (Å²) >= 11 is 0. The minimum absolute atomic E-state index is 0.190. The number of furan rings is 1. The Bertz CT molecular complexity index is 569. The molecule has 0 unspecified atom stereocenters. The summed E-state index contributed by atoms with van der Waals surface area (Å²) in [5.74, 6) is 0.801. The molecular weight excluding hydrogens is 212 g/mol. The van der Waals surface area contributed by atoms with Gasteiger partial charge in [-0.15, -0.1) is 0 Å². The van der Waals surface area contributed by atoms with Crippen LogP contribution >= 0.6 is 0 Å². The molecule has 1 aromatic carbocycles. The molecule has 0 N–H and O–H groups in total. The first-order chi connectivity index (χ1) is 7.79. The van der Waals surface area contributed by atoms with Gasteiger partial charge in [0.2, 0.25) is 6.79 Å². The Morgan fingerprint density at radius 2 is 2.06 bits per heavy atom. The number of carbonyl (C=O) groups is 1. The molecule has 82 valence electrons. The van der Waals surface area contributed by atoms with Crippen LogP contribution in [0.3, 0.4) is 0 Å². The zero-order valence-corrected chi connectivity index (χ0v) is 8.48. The highest BCUT2D eigenvalue weighted by Crippen LogP contribution is 2.37. The second-order valence-electron chi connectivity index (χ2n) is 3.34. The van der Waals surface area contributed by atoms with Crippen molar-refractivity contribution in [3.63, 3.8) is 0 Å². The molecule has 2 aromatic rings. The van der Waals surface area contributed by atoms with Crippen LogP contribution in [0.25, 0.3) is 11.0 Å². The molecular formula is C11H8O5. The first kappa shape index (κ1) is 9.08. The van der Waals surface area contributed by atoms with Gasteiger partial charge in [-0.3, -0.25) is 0 Å². The van der Waals surface area contributed by atoms with Gasteiger partial charge < -0.3 is 18.6 Å². The van der Waals surface area contributed by atoms with E-state index in [1.807, 2.05) is 0 Å². The largest absolute Gasteiger partial charge is 0.465 e. The van der Waals surface area contributed by atoms with E-state index in [-0.39, 0.29) is 6.79 Å². The molecule has 16 heavy (non-hydrogen) atoms. The number of hydrogen-bond donors (Lipinski definition) is 0. The molecule has 0 bridgehead atoms. The van der Waals surface area contributed by atoms with E-state index in [0.717, 1.165) is 0 Å². The Kier molecular flexibility index (Phi) is 1.80. The molecule has 0 radical (unpaired) electrons. The van der Waals surface area contributed by atoms with E-state index in [0.29, 0.717) is 28.0 Å². The third-order valence-electron chi connectivity index (χ3n) is 2.47. The van der Waals surface area contributed by atoms with E-state index < -0.39 is 5.97 Å². The van der Waals surface area contributed by atoms with Crippen molar-refractivity contribution in [3.05, 3.63) is 24.0 Å². The number of fused-ring (bicyclic) bond motifs is 2. The van der Waals surface area contributed by atoms with Crippen LogP contribution in [0.4, 0.5) is 0 Å². The van der Waals surface area contributed by atoms with E-state index >= 15 is 0 Å². The third kappa shape index (κ3) is 1.14. The van der Waals surface area contributed by atoms with Crippen molar-refractivity contribution in [2.75, 3.05) is 13.9 Å². The number of methoxy groups -OCH3 is 1. The van der Waals surface area contributed by atoms with Crippen molar-refractivity contribution < 1.29 is 23.4 Å². The lowest BCUT2D eigenvalue weighted by Crippen LogP contribution is -1.99. The predicted molar refractivity (Wildman–Crippen MR) is 53.7 cm³/mol. The van der Waals surface area contributed by atoms with Gasteiger partial charge in [0, 0.05) is 11.5 Å². The summed E-state index contributed by atoms with van der Waals surface area (Å²) in [6, 6.07) is 3.41. The number of esters is 1. The van der Waals surface area contributed by atoms with Crippen LogP contribution in [0.1, 0.15) is 10.4 Å². The molecule has 0 atom stereocenters. The lowest BCUT2D eigenvalue weighted by atomic mass is 10.1. The number of ether oxygens (including phenoxy) is 3. The van der Waals surface area contributed by atoms with Gasteiger partial charge in [-0.25, -0.2) is 4.79 Å². The molecule has 0 saturated heterocycles. The fraction of sp³-hybridized carbons (Fsp3) is 0.182. The van der Waals surface area contributed by atoms with E-state index in [9.17, 15) is 4.79 Å². The summed E-state index contributed by atoms with van der Waals surface area (Å²) in [7, 11) is 1.33. The van der Waals surface area contributed by atoms with Crippen LogP contribution < -0.4 is 9.47 Å². The first-order valence-corrected chi connectivity index (χ1v) is 4.69. The van der Waals surface area contributed by atoms with Gasteiger partial charge in [-0.2, -0.15) is 0 Å². The van der Waals surface area contributed by atoms with Crippen LogP contribution in [0.15, 0.2) is 22.8 Å². The standard InChI is InChI=1S/C11H8O5/c1-13-11(12)7-4-14-8-3-10-9(2-6(7)8)15-5-16-10/h2-4H,5H2,1H3. The normalized spacial score (nSPS) is 13.1. The smallest absolute Gasteiger partial charge is 0.341 e. The van der Waals surface area contributed by atoms with Gasteiger partial charge in [-0.1, -0.05) is 0 Å². The van der Waals surface area contributed by atoms with Gasteiger partial charge in [0.25, 0.3) is 0 Å². The molecule has 1 aromatic heterocycles. The fourth-order valence-electron chi connectivity index (χ4n) is 1.69. The minimum atomic E-state index is -0.433. The predicted octanol–water partition coefficient (Wildman–Crippen LogP) is 1.95. The Morgan fingerprint density at radius 3 is 2.81 bits per heavy atom. The van der Waals surface area contributed by atoms with Gasteiger partial charge in [0.15, 0.2) is 11.5 Å². The van der Waals surface area contributed by atoms with Crippen molar-refractivity contribution in [2.24, 2.45) is 0 Å². The highest BCUT2D eigenvalue weighted by atomic mass is 16.7. The van der Waals surface area contributed by atoms with Crippen LogP contribution in [0.2, 0.25) is 0 Å². The molecule has 5 nitrogen and oxygen atoms in total. The van der Waals surface area contributed by atoms with Crippen molar-refractivity contribution in [3.8, 4) is 11.5 Å². The highest BCUT2D eigenvalue weighted by Gasteiger charge is 2.20. The Balaban J connectivity index is 2.23. The minimum Gasteiger partial charge on any atom is -0.465 e. The summed E-state index contributed by atoms with van der Waals surface area (Å²) in [6.07, 6.45) is 1.37. The quantitative estimate of drug-likeness (QED) is 0.687. The second-order valence-corrected chi connectivity index (χ2v) is 3.34.